The monoisotopic (exact) mass is 467 g/mol. The number of fused-ring (bicyclic) bond motifs is 1. The minimum atomic E-state index is -1.44. The molecule has 1 unspecified atom stereocenters. The zero-order chi connectivity index (χ0) is 22.7. The van der Waals surface area contributed by atoms with E-state index in [0.717, 1.165) is 0 Å². The number of aliphatic hydroxyl groups is 1. The molecule has 0 fully saturated rings. The Morgan fingerprint density at radius 1 is 1.09 bits per heavy atom. The van der Waals surface area contributed by atoms with Gasteiger partial charge in [0.2, 0.25) is 0 Å². The lowest BCUT2D eigenvalue weighted by Gasteiger charge is -2.15. The van der Waals surface area contributed by atoms with Crippen molar-refractivity contribution in [2.75, 3.05) is 0 Å². The number of pyridine rings is 1. The third-order valence-corrected chi connectivity index (χ3v) is 5.16. The van der Waals surface area contributed by atoms with Crippen LogP contribution >= 0.6 is 23.2 Å². The van der Waals surface area contributed by atoms with Crippen molar-refractivity contribution in [2.45, 2.75) is 6.10 Å². The zero-order valence-electron chi connectivity index (χ0n) is 16.3. The molecule has 0 aliphatic carbocycles. The Morgan fingerprint density at radius 3 is 2.59 bits per heavy atom. The third-order valence-electron chi connectivity index (χ3n) is 4.58. The van der Waals surface area contributed by atoms with Gasteiger partial charge in [-0.05, 0) is 36.4 Å². The molecule has 3 N–H and O–H groups in total. The second-order valence-corrected chi connectivity index (χ2v) is 7.52. The Morgan fingerprint density at radius 2 is 1.84 bits per heavy atom. The van der Waals surface area contributed by atoms with Crippen LogP contribution in [-0.4, -0.2) is 31.7 Å². The molecule has 0 aliphatic rings. The van der Waals surface area contributed by atoms with Crippen molar-refractivity contribution in [3.63, 3.8) is 0 Å². The minimum absolute atomic E-state index is 0.178. The number of nitrogens with one attached hydrogen (secondary N) is 2. The predicted molar refractivity (Wildman–Crippen MR) is 122 cm³/mol. The lowest BCUT2D eigenvalue weighted by molar-refractivity contribution is 0.0954. The molecule has 4 rings (SSSR count). The summed E-state index contributed by atoms with van der Waals surface area (Å²) in [5, 5.41) is 15.8. The van der Waals surface area contributed by atoms with E-state index in [0.29, 0.717) is 27.2 Å². The number of benzene rings is 2. The van der Waals surface area contributed by atoms with Gasteiger partial charge in [-0.1, -0.05) is 41.4 Å². The van der Waals surface area contributed by atoms with Crippen LogP contribution in [0.3, 0.4) is 0 Å². The van der Waals surface area contributed by atoms with Crippen LogP contribution in [0.15, 0.2) is 76.9 Å². The Bertz CT molecular complexity index is 1390. The molecule has 1 amide bonds. The smallest absolute Gasteiger partial charge is 0.276 e. The van der Waals surface area contributed by atoms with Crippen molar-refractivity contribution in [3.8, 4) is 0 Å². The standard InChI is InChI=1S/C22H15Cl2N5O3/c23-13-5-6-16-17(11-13)27-22(32)19(26-16)18(20(30)14-3-1-2-4-15(14)24)28-29-21(31)12-7-9-25-10-8-12/h1-11,20,30H,(H,27,32)(H,29,31)/b28-18-. The Balaban J connectivity index is 1.82. The van der Waals surface area contributed by atoms with Crippen molar-refractivity contribution in [1.82, 2.24) is 20.4 Å². The van der Waals surface area contributed by atoms with Crippen LogP contribution in [0.25, 0.3) is 11.0 Å². The average Bonchev–Trinajstić information content (AvgIpc) is 2.80. The molecule has 2 aromatic heterocycles. The number of nitrogens with zero attached hydrogens (tertiary/aromatic N) is 3. The van der Waals surface area contributed by atoms with E-state index in [1.807, 2.05) is 0 Å². The third kappa shape index (κ3) is 4.52. The highest BCUT2D eigenvalue weighted by Gasteiger charge is 2.24. The molecule has 2 aromatic carbocycles. The first-order valence-corrected chi connectivity index (χ1v) is 10.1. The van der Waals surface area contributed by atoms with Crippen LogP contribution in [0.1, 0.15) is 27.7 Å². The molecule has 0 saturated carbocycles. The summed E-state index contributed by atoms with van der Waals surface area (Å²) in [5.41, 5.74) is 2.80. The number of carbonyl (C=O) groups is 1. The number of rotatable bonds is 5. The first-order valence-electron chi connectivity index (χ1n) is 9.34. The average molecular weight is 468 g/mol. The van der Waals surface area contributed by atoms with Gasteiger partial charge in [-0.2, -0.15) is 5.10 Å². The second kappa shape index (κ2) is 9.27. The number of halogens is 2. The summed E-state index contributed by atoms with van der Waals surface area (Å²) in [7, 11) is 0. The van der Waals surface area contributed by atoms with Crippen LogP contribution in [0.4, 0.5) is 0 Å². The Labute approximate surface area is 191 Å². The normalized spacial score (nSPS) is 12.5. The van der Waals surface area contributed by atoms with E-state index in [1.54, 1.807) is 42.5 Å². The summed E-state index contributed by atoms with van der Waals surface area (Å²) in [6.45, 7) is 0. The highest BCUT2D eigenvalue weighted by Crippen LogP contribution is 2.25. The molecule has 4 aromatic rings. The van der Waals surface area contributed by atoms with Crippen LogP contribution in [0.2, 0.25) is 10.0 Å². The fourth-order valence-electron chi connectivity index (χ4n) is 3.00. The van der Waals surface area contributed by atoms with Crippen LogP contribution < -0.4 is 11.0 Å². The molecular formula is C22H15Cl2N5O3. The minimum Gasteiger partial charge on any atom is -0.382 e. The van der Waals surface area contributed by atoms with Gasteiger partial charge in [0.05, 0.1) is 11.0 Å². The van der Waals surface area contributed by atoms with Gasteiger partial charge >= 0.3 is 0 Å². The molecule has 0 spiro atoms. The number of H-pyrrole nitrogens is 1. The van der Waals surface area contributed by atoms with Gasteiger partial charge < -0.3 is 10.1 Å². The number of aromatic nitrogens is 3. The number of carbonyl (C=O) groups excluding carboxylic acids is 1. The number of amides is 1. The SMILES string of the molecule is O=C(N/N=C(/c1nc2ccc(Cl)cc2[nH]c1=O)C(O)c1ccccc1Cl)c1ccncc1. The summed E-state index contributed by atoms with van der Waals surface area (Å²) in [6, 6.07) is 14.3. The van der Waals surface area contributed by atoms with Gasteiger partial charge in [0.25, 0.3) is 11.5 Å². The summed E-state index contributed by atoms with van der Waals surface area (Å²) < 4.78 is 0. The molecule has 8 nitrogen and oxygen atoms in total. The highest BCUT2D eigenvalue weighted by molar-refractivity contribution is 6.32. The number of hydrogen-bond acceptors (Lipinski definition) is 6. The topological polar surface area (TPSA) is 120 Å². The largest absolute Gasteiger partial charge is 0.382 e. The fourth-order valence-corrected chi connectivity index (χ4v) is 3.41. The van der Waals surface area contributed by atoms with Crippen LogP contribution in [0, 0.1) is 0 Å². The first kappa shape index (κ1) is 21.6. The molecule has 0 aliphatic heterocycles. The van der Waals surface area contributed by atoms with Crippen LogP contribution in [0.5, 0.6) is 0 Å². The fraction of sp³-hybridized carbons (Fsp3) is 0.0455. The number of aliphatic hydroxyl groups excluding tert-OH is 1. The van der Waals surface area contributed by atoms with Gasteiger partial charge in [-0.3, -0.25) is 14.6 Å². The van der Waals surface area contributed by atoms with E-state index < -0.39 is 17.6 Å². The zero-order valence-corrected chi connectivity index (χ0v) is 17.8. The lowest BCUT2D eigenvalue weighted by Crippen LogP contribution is -2.29. The van der Waals surface area contributed by atoms with E-state index in [-0.39, 0.29) is 16.4 Å². The summed E-state index contributed by atoms with van der Waals surface area (Å²) >= 11 is 12.2. The molecule has 32 heavy (non-hydrogen) atoms. The molecular weight excluding hydrogens is 453 g/mol. The summed E-state index contributed by atoms with van der Waals surface area (Å²) in [6.07, 6.45) is 1.47. The molecule has 2 heterocycles. The second-order valence-electron chi connectivity index (χ2n) is 6.67. The van der Waals surface area contributed by atoms with Gasteiger partial charge in [0.15, 0.2) is 5.69 Å². The molecule has 160 valence electrons. The Hall–Kier alpha value is -3.59. The molecule has 0 bridgehead atoms. The maximum atomic E-state index is 12.8. The number of hydrogen-bond donors (Lipinski definition) is 3. The van der Waals surface area contributed by atoms with Gasteiger partial charge in [0, 0.05) is 33.6 Å². The molecule has 1 atom stereocenters. The van der Waals surface area contributed by atoms with Crippen molar-refractivity contribution >= 4 is 45.9 Å². The molecule has 0 radical (unpaired) electrons. The number of hydrazone groups is 1. The van der Waals surface area contributed by atoms with Crippen molar-refractivity contribution < 1.29 is 9.90 Å². The van der Waals surface area contributed by atoms with Crippen LogP contribution in [-0.2, 0) is 0 Å². The maximum Gasteiger partial charge on any atom is 0.276 e. The maximum absolute atomic E-state index is 12.8. The van der Waals surface area contributed by atoms with E-state index in [2.05, 4.69) is 25.5 Å². The van der Waals surface area contributed by atoms with E-state index in [1.165, 1.54) is 24.5 Å². The Kier molecular flexibility index (Phi) is 6.27. The van der Waals surface area contributed by atoms with Gasteiger partial charge in [-0.25, -0.2) is 10.4 Å². The van der Waals surface area contributed by atoms with Gasteiger partial charge in [0.1, 0.15) is 11.8 Å². The molecule has 0 saturated heterocycles. The highest BCUT2D eigenvalue weighted by atomic mass is 35.5. The first-order chi connectivity index (χ1) is 15.4. The van der Waals surface area contributed by atoms with E-state index >= 15 is 0 Å². The van der Waals surface area contributed by atoms with Crippen molar-refractivity contribution in [3.05, 3.63) is 104 Å². The summed E-state index contributed by atoms with van der Waals surface area (Å²) in [4.78, 5) is 36.2. The summed E-state index contributed by atoms with van der Waals surface area (Å²) in [5.74, 6) is -0.555. The lowest BCUT2D eigenvalue weighted by atomic mass is 10.0. The molecule has 10 heteroatoms. The van der Waals surface area contributed by atoms with Crippen molar-refractivity contribution in [1.29, 1.82) is 0 Å². The van der Waals surface area contributed by atoms with E-state index in [4.69, 9.17) is 23.2 Å². The predicted octanol–water partition coefficient (Wildman–Crippen LogP) is 3.49. The van der Waals surface area contributed by atoms with Crippen molar-refractivity contribution in [2.24, 2.45) is 5.10 Å². The number of aromatic amines is 1. The van der Waals surface area contributed by atoms with Gasteiger partial charge in [-0.15, -0.1) is 0 Å². The quantitative estimate of drug-likeness (QED) is 0.306. The van der Waals surface area contributed by atoms with E-state index in [9.17, 15) is 14.7 Å².